The van der Waals surface area contributed by atoms with Gasteiger partial charge in [0.2, 0.25) is 5.91 Å². The van der Waals surface area contributed by atoms with E-state index in [9.17, 15) is 4.79 Å². The molecule has 0 spiro atoms. The van der Waals surface area contributed by atoms with E-state index >= 15 is 0 Å². The van der Waals surface area contributed by atoms with Crippen molar-refractivity contribution in [3.05, 3.63) is 53.1 Å². The number of fused-ring (bicyclic) bond motifs is 1. The van der Waals surface area contributed by atoms with Crippen LogP contribution in [0.15, 0.2) is 47.4 Å². The average Bonchev–Trinajstić information content (AvgIpc) is 3.19. The van der Waals surface area contributed by atoms with Crippen LogP contribution in [-0.2, 0) is 16.0 Å². The van der Waals surface area contributed by atoms with Gasteiger partial charge in [-0.25, -0.2) is 4.98 Å². The van der Waals surface area contributed by atoms with Gasteiger partial charge >= 0.3 is 0 Å². The summed E-state index contributed by atoms with van der Waals surface area (Å²) in [4.78, 5) is 23.4. The molecule has 5 nitrogen and oxygen atoms in total. The van der Waals surface area contributed by atoms with Crippen molar-refractivity contribution in [2.24, 2.45) is 0 Å². The lowest BCUT2D eigenvalue weighted by Crippen LogP contribution is -2.43. The van der Waals surface area contributed by atoms with E-state index in [0.717, 1.165) is 53.8 Å². The predicted octanol–water partition coefficient (Wildman–Crippen LogP) is 5.00. The van der Waals surface area contributed by atoms with Crippen LogP contribution < -0.4 is 4.90 Å². The van der Waals surface area contributed by atoms with E-state index in [-0.39, 0.29) is 24.7 Å². The van der Waals surface area contributed by atoms with E-state index < -0.39 is 0 Å². The Morgan fingerprint density at radius 3 is 2.77 bits per heavy atom. The van der Waals surface area contributed by atoms with Gasteiger partial charge in [-0.1, -0.05) is 41.1 Å². The SMILES string of the molecule is CSc1ccc2nc(N(CCN3CCOCC3)C(=O)Cc3ccccc3Cl)sc2c1.Cl. The van der Waals surface area contributed by atoms with Crippen molar-refractivity contribution in [2.45, 2.75) is 11.3 Å². The zero-order valence-electron chi connectivity index (χ0n) is 17.3. The number of thioether (sulfide) groups is 1. The number of benzene rings is 2. The molecule has 0 aliphatic carbocycles. The number of ether oxygens (including phenoxy) is 1. The topological polar surface area (TPSA) is 45.7 Å². The molecule has 1 saturated heterocycles. The van der Waals surface area contributed by atoms with Gasteiger partial charge in [0.15, 0.2) is 5.13 Å². The van der Waals surface area contributed by atoms with Crippen LogP contribution in [0.25, 0.3) is 10.2 Å². The van der Waals surface area contributed by atoms with Crippen LogP contribution >= 0.6 is 47.1 Å². The maximum atomic E-state index is 13.3. The normalized spacial score (nSPS) is 14.4. The maximum absolute atomic E-state index is 13.3. The van der Waals surface area contributed by atoms with Crippen LogP contribution in [-0.4, -0.2) is 61.4 Å². The summed E-state index contributed by atoms with van der Waals surface area (Å²) in [7, 11) is 0. The van der Waals surface area contributed by atoms with Gasteiger partial charge in [0.05, 0.1) is 29.9 Å². The first-order valence-corrected chi connectivity index (χ1v) is 12.3. The van der Waals surface area contributed by atoms with E-state index in [2.05, 4.69) is 23.3 Å². The Hall–Kier alpha value is -1.35. The molecule has 1 aliphatic heterocycles. The molecule has 1 amide bonds. The number of hydrogen-bond donors (Lipinski definition) is 0. The fourth-order valence-corrected chi connectivity index (χ4v) is 5.19. The van der Waals surface area contributed by atoms with Crippen molar-refractivity contribution >= 4 is 68.4 Å². The minimum atomic E-state index is 0. The number of morpholine rings is 1. The average molecular weight is 499 g/mol. The third-order valence-corrected chi connectivity index (χ3v) is 7.29. The highest BCUT2D eigenvalue weighted by molar-refractivity contribution is 7.98. The van der Waals surface area contributed by atoms with E-state index in [0.29, 0.717) is 11.6 Å². The smallest absolute Gasteiger partial charge is 0.233 e. The van der Waals surface area contributed by atoms with Gasteiger partial charge in [-0.2, -0.15) is 0 Å². The molecule has 4 rings (SSSR count). The predicted molar refractivity (Wildman–Crippen MR) is 133 cm³/mol. The van der Waals surface area contributed by atoms with Gasteiger partial charge in [-0.15, -0.1) is 24.2 Å². The van der Waals surface area contributed by atoms with Crippen molar-refractivity contribution in [3.8, 4) is 0 Å². The Kier molecular flexibility index (Phi) is 9.01. The lowest BCUT2D eigenvalue weighted by molar-refractivity contribution is -0.118. The van der Waals surface area contributed by atoms with Gasteiger partial charge in [0, 0.05) is 36.1 Å². The molecule has 0 saturated carbocycles. The molecule has 2 heterocycles. The highest BCUT2D eigenvalue weighted by atomic mass is 35.5. The van der Waals surface area contributed by atoms with Crippen molar-refractivity contribution in [1.29, 1.82) is 0 Å². The summed E-state index contributed by atoms with van der Waals surface area (Å²) < 4.78 is 6.54. The summed E-state index contributed by atoms with van der Waals surface area (Å²) in [6, 6.07) is 13.8. The summed E-state index contributed by atoms with van der Waals surface area (Å²) in [6.45, 7) is 4.66. The second kappa shape index (κ2) is 11.5. The van der Waals surface area contributed by atoms with E-state index in [1.165, 1.54) is 4.90 Å². The molecule has 1 fully saturated rings. The van der Waals surface area contributed by atoms with Gasteiger partial charge in [-0.05, 0) is 36.1 Å². The Labute approximate surface area is 202 Å². The fraction of sp³-hybridized carbons (Fsp3) is 0.364. The summed E-state index contributed by atoms with van der Waals surface area (Å²) in [5, 5.41) is 1.36. The Morgan fingerprint density at radius 1 is 1.26 bits per heavy atom. The molecular formula is C22H25Cl2N3O2S2. The summed E-state index contributed by atoms with van der Waals surface area (Å²) >= 11 is 9.58. The number of nitrogens with zero attached hydrogens (tertiary/aromatic N) is 3. The fourth-order valence-electron chi connectivity index (χ4n) is 3.43. The third-order valence-electron chi connectivity index (χ3n) is 5.16. The van der Waals surface area contributed by atoms with Crippen molar-refractivity contribution in [1.82, 2.24) is 9.88 Å². The van der Waals surface area contributed by atoms with Crippen molar-refractivity contribution in [2.75, 3.05) is 50.5 Å². The van der Waals surface area contributed by atoms with Crippen LogP contribution in [0, 0.1) is 0 Å². The lowest BCUT2D eigenvalue weighted by atomic mass is 10.1. The van der Waals surface area contributed by atoms with Crippen LogP contribution in [0.5, 0.6) is 0 Å². The number of carbonyl (C=O) groups excluding carboxylic acids is 1. The number of hydrogen-bond acceptors (Lipinski definition) is 6. The molecule has 2 aromatic carbocycles. The zero-order valence-corrected chi connectivity index (χ0v) is 20.5. The van der Waals surface area contributed by atoms with Gasteiger partial charge in [-0.3, -0.25) is 14.6 Å². The number of anilines is 1. The minimum absolute atomic E-state index is 0. The minimum Gasteiger partial charge on any atom is -0.379 e. The molecule has 9 heteroatoms. The molecule has 31 heavy (non-hydrogen) atoms. The van der Waals surface area contributed by atoms with Crippen LogP contribution in [0.3, 0.4) is 0 Å². The maximum Gasteiger partial charge on any atom is 0.233 e. The molecule has 1 aliphatic rings. The molecule has 1 aromatic heterocycles. The van der Waals surface area contributed by atoms with Crippen LogP contribution in [0.4, 0.5) is 5.13 Å². The molecule has 3 aromatic rings. The zero-order chi connectivity index (χ0) is 20.9. The Bertz CT molecular complexity index is 1020. The standard InChI is InChI=1S/C22H24ClN3O2S2.ClH/c1-29-17-6-7-19-20(15-17)30-22(24-19)26(9-8-25-10-12-28-13-11-25)21(27)14-16-4-2-3-5-18(16)23;/h2-7,15H,8-14H2,1H3;1H. The lowest BCUT2D eigenvalue weighted by Gasteiger charge is -2.29. The largest absolute Gasteiger partial charge is 0.379 e. The van der Waals surface area contributed by atoms with E-state index in [1.54, 1.807) is 23.1 Å². The molecule has 0 bridgehead atoms. The second-order valence-electron chi connectivity index (χ2n) is 7.10. The van der Waals surface area contributed by atoms with Crippen LogP contribution in [0.2, 0.25) is 5.02 Å². The number of thiazole rings is 1. The van der Waals surface area contributed by atoms with Gasteiger partial charge < -0.3 is 4.74 Å². The molecule has 0 atom stereocenters. The summed E-state index contributed by atoms with van der Waals surface area (Å²) in [6.07, 6.45) is 2.32. The summed E-state index contributed by atoms with van der Waals surface area (Å²) in [5.41, 5.74) is 1.76. The Morgan fingerprint density at radius 2 is 2.03 bits per heavy atom. The van der Waals surface area contributed by atoms with E-state index in [1.807, 2.05) is 35.2 Å². The highest BCUT2D eigenvalue weighted by Crippen LogP contribution is 2.32. The number of carbonyl (C=O) groups is 1. The van der Waals surface area contributed by atoms with Crippen molar-refractivity contribution < 1.29 is 9.53 Å². The first-order chi connectivity index (χ1) is 14.6. The number of halogens is 2. The van der Waals surface area contributed by atoms with E-state index in [4.69, 9.17) is 21.3 Å². The van der Waals surface area contributed by atoms with Crippen LogP contribution in [0.1, 0.15) is 5.56 Å². The van der Waals surface area contributed by atoms with Gasteiger partial charge in [0.25, 0.3) is 0 Å². The molecular weight excluding hydrogens is 473 g/mol. The molecule has 0 unspecified atom stereocenters. The summed E-state index contributed by atoms with van der Waals surface area (Å²) in [5.74, 6) is 0.0144. The molecule has 0 N–H and O–H groups in total. The molecule has 166 valence electrons. The highest BCUT2D eigenvalue weighted by Gasteiger charge is 2.22. The quantitative estimate of drug-likeness (QED) is 0.429. The number of amides is 1. The van der Waals surface area contributed by atoms with Gasteiger partial charge in [0.1, 0.15) is 0 Å². The molecule has 0 radical (unpaired) electrons. The second-order valence-corrected chi connectivity index (χ2v) is 9.39. The van der Waals surface area contributed by atoms with Crippen molar-refractivity contribution in [3.63, 3.8) is 0 Å². The number of rotatable bonds is 7. The number of aromatic nitrogens is 1. The first-order valence-electron chi connectivity index (χ1n) is 9.92. The third kappa shape index (κ3) is 6.12. The monoisotopic (exact) mass is 497 g/mol. The Balaban J connectivity index is 0.00000272. The first kappa shape index (κ1) is 24.3.